The van der Waals surface area contributed by atoms with Crippen molar-refractivity contribution in [1.82, 2.24) is 10.2 Å². The average Bonchev–Trinajstić information content (AvgIpc) is 2.70. The molecule has 0 aliphatic heterocycles. The number of carbonyl (C=O) groups excluding carboxylic acids is 1. The number of methoxy groups -OCH3 is 1. The van der Waals surface area contributed by atoms with Crippen LogP contribution >= 0.6 is 0 Å². The highest BCUT2D eigenvalue weighted by Gasteiger charge is 2.15. The summed E-state index contributed by atoms with van der Waals surface area (Å²) in [6, 6.07) is 9.07. The number of hydrogen-bond donors (Lipinski definition) is 2. The van der Waals surface area contributed by atoms with Crippen LogP contribution in [0.1, 0.15) is 24.2 Å². The quantitative estimate of drug-likeness (QED) is 0.548. The van der Waals surface area contributed by atoms with Gasteiger partial charge in [-0.1, -0.05) is 13.8 Å². The second-order valence-corrected chi connectivity index (χ2v) is 5.96. The van der Waals surface area contributed by atoms with Gasteiger partial charge in [0.05, 0.1) is 7.11 Å². The zero-order chi connectivity index (χ0) is 19.8. The number of likely N-dealkylation sites (N-methyl/N-ethyl adjacent to an activating group) is 1. The van der Waals surface area contributed by atoms with Crippen molar-refractivity contribution in [2.24, 2.45) is 10.7 Å². The Hall–Kier alpha value is -2.80. The van der Waals surface area contributed by atoms with Gasteiger partial charge in [-0.05, 0) is 48.8 Å². The third kappa shape index (κ3) is 5.10. The number of guanidine groups is 1. The molecule has 0 bridgehead atoms. The number of rotatable bonds is 8. The van der Waals surface area contributed by atoms with E-state index in [1.807, 2.05) is 18.2 Å². The number of nitrogens with one attached hydrogen (secondary N) is 1. The molecule has 0 saturated heterocycles. The van der Waals surface area contributed by atoms with Crippen LogP contribution < -0.4 is 20.5 Å². The van der Waals surface area contributed by atoms with Gasteiger partial charge in [-0.2, -0.15) is 0 Å². The van der Waals surface area contributed by atoms with Gasteiger partial charge in [-0.25, -0.2) is 0 Å². The van der Waals surface area contributed by atoms with Gasteiger partial charge in [0.2, 0.25) is 0 Å². The normalized spacial score (nSPS) is 11.7. The highest BCUT2D eigenvalue weighted by atomic mass is 16.5. The van der Waals surface area contributed by atoms with Crippen LogP contribution in [0.3, 0.4) is 0 Å². The number of nitrogens with two attached hydrogens (primary N) is 1. The maximum absolute atomic E-state index is 12.5. The number of benzene rings is 2. The molecule has 0 atom stereocenters. The molecule has 0 spiro atoms. The van der Waals surface area contributed by atoms with Gasteiger partial charge in [0, 0.05) is 24.5 Å². The van der Waals surface area contributed by atoms with Crippen LogP contribution in [0, 0.1) is 0 Å². The standard InChI is InChI=1S/C20H28N4O3/c1-5-24(6-2)11-12-27-18-10-9-16(19(25)23-20(21)22-3)15-8-7-14(26-4)13-17(15)18/h7-10,13H,5-6,11-12H2,1-4H3,(H3,21,22,23,25). The number of hydrogen-bond acceptors (Lipinski definition) is 5. The molecule has 2 rings (SSSR count). The molecular formula is C20H28N4O3. The lowest BCUT2D eigenvalue weighted by atomic mass is 10.0. The van der Waals surface area contributed by atoms with Crippen molar-refractivity contribution in [1.29, 1.82) is 0 Å². The maximum atomic E-state index is 12.5. The van der Waals surface area contributed by atoms with E-state index < -0.39 is 0 Å². The summed E-state index contributed by atoms with van der Waals surface area (Å²) in [7, 11) is 3.13. The summed E-state index contributed by atoms with van der Waals surface area (Å²) < 4.78 is 11.3. The van der Waals surface area contributed by atoms with Crippen LogP contribution in [-0.2, 0) is 0 Å². The summed E-state index contributed by atoms with van der Waals surface area (Å²) in [5.74, 6) is 1.16. The second-order valence-electron chi connectivity index (χ2n) is 5.96. The number of fused-ring (bicyclic) bond motifs is 1. The number of nitrogens with zero attached hydrogens (tertiary/aromatic N) is 2. The van der Waals surface area contributed by atoms with E-state index in [1.165, 1.54) is 7.05 Å². The smallest absolute Gasteiger partial charge is 0.258 e. The lowest BCUT2D eigenvalue weighted by Gasteiger charge is -2.19. The zero-order valence-electron chi connectivity index (χ0n) is 16.4. The Morgan fingerprint density at radius 3 is 2.56 bits per heavy atom. The molecule has 27 heavy (non-hydrogen) atoms. The second kappa shape index (κ2) is 9.78. The molecule has 7 heteroatoms. The third-order valence-corrected chi connectivity index (χ3v) is 4.47. The molecule has 3 N–H and O–H groups in total. The summed E-state index contributed by atoms with van der Waals surface area (Å²) in [6.45, 7) is 7.62. The number of aliphatic imine (C=N–C) groups is 1. The molecular weight excluding hydrogens is 344 g/mol. The van der Waals surface area contributed by atoms with E-state index in [1.54, 1.807) is 19.2 Å². The number of carbonyl (C=O) groups is 1. The Balaban J connectivity index is 2.35. The molecule has 0 aliphatic carbocycles. The van der Waals surface area contributed by atoms with Gasteiger partial charge in [0.25, 0.3) is 5.91 Å². The Morgan fingerprint density at radius 1 is 1.19 bits per heavy atom. The predicted molar refractivity (Wildman–Crippen MR) is 109 cm³/mol. The van der Waals surface area contributed by atoms with Crippen LogP contribution in [0.5, 0.6) is 11.5 Å². The molecule has 2 aromatic rings. The van der Waals surface area contributed by atoms with Crippen molar-refractivity contribution < 1.29 is 14.3 Å². The summed E-state index contributed by atoms with van der Waals surface area (Å²) in [5.41, 5.74) is 6.12. The Morgan fingerprint density at radius 2 is 1.93 bits per heavy atom. The Labute approximate surface area is 160 Å². The molecule has 2 aromatic carbocycles. The lowest BCUT2D eigenvalue weighted by Crippen LogP contribution is -2.36. The Bertz CT molecular complexity index is 816. The summed E-state index contributed by atoms with van der Waals surface area (Å²) >= 11 is 0. The molecule has 1 amide bonds. The zero-order valence-corrected chi connectivity index (χ0v) is 16.4. The first-order valence-electron chi connectivity index (χ1n) is 9.03. The molecule has 146 valence electrons. The van der Waals surface area contributed by atoms with E-state index in [0.29, 0.717) is 23.7 Å². The van der Waals surface area contributed by atoms with Crippen molar-refractivity contribution in [2.75, 3.05) is 40.4 Å². The van der Waals surface area contributed by atoms with E-state index in [0.717, 1.165) is 30.4 Å². The monoisotopic (exact) mass is 372 g/mol. The largest absolute Gasteiger partial charge is 0.497 e. The molecule has 0 aromatic heterocycles. The van der Waals surface area contributed by atoms with Crippen LogP contribution in [0.4, 0.5) is 0 Å². The van der Waals surface area contributed by atoms with E-state index in [4.69, 9.17) is 15.2 Å². The van der Waals surface area contributed by atoms with E-state index in [9.17, 15) is 4.79 Å². The first kappa shape index (κ1) is 20.5. The van der Waals surface area contributed by atoms with Gasteiger partial charge in [-0.15, -0.1) is 0 Å². The highest BCUT2D eigenvalue weighted by molar-refractivity contribution is 6.13. The first-order chi connectivity index (χ1) is 13.0. The molecule has 0 fully saturated rings. The van der Waals surface area contributed by atoms with Gasteiger partial charge in [0.15, 0.2) is 5.96 Å². The fraction of sp³-hybridized carbons (Fsp3) is 0.400. The topological polar surface area (TPSA) is 89.2 Å². The molecule has 0 saturated carbocycles. The van der Waals surface area contributed by atoms with Crippen molar-refractivity contribution in [2.45, 2.75) is 13.8 Å². The molecule has 0 unspecified atom stereocenters. The van der Waals surface area contributed by atoms with Crippen molar-refractivity contribution >= 4 is 22.6 Å². The summed E-state index contributed by atoms with van der Waals surface area (Å²) in [6.07, 6.45) is 0. The van der Waals surface area contributed by atoms with E-state index >= 15 is 0 Å². The van der Waals surface area contributed by atoms with Crippen molar-refractivity contribution in [3.8, 4) is 11.5 Å². The lowest BCUT2D eigenvalue weighted by molar-refractivity contribution is 0.0978. The minimum Gasteiger partial charge on any atom is -0.497 e. The van der Waals surface area contributed by atoms with E-state index in [-0.39, 0.29) is 11.9 Å². The summed E-state index contributed by atoms with van der Waals surface area (Å²) in [4.78, 5) is 18.6. The van der Waals surface area contributed by atoms with Gasteiger partial charge in [-0.3, -0.25) is 15.1 Å². The van der Waals surface area contributed by atoms with Gasteiger partial charge < -0.3 is 20.1 Å². The molecule has 7 nitrogen and oxygen atoms in total. The first-order valence-corrected chi connectivity index (χ1v) is 9.03. The Kier molecular flexibility index (Phi) is 7.43. The maximum Gasteiger partial charge on any atom is 0.258 e. The number of amides is 1. The summed E-state index contributed by atoms with van der Waals surface area (Å²) in [5, 5.41) is 4.14. The number of ether oxygens (including phenoxy) is 2. The van der Waals surface area contributed by atoms with Crippen LogP contribution in [0.2, 0.25) is 0 Å². The van der Waals surface area contributed by atoms with Gasteiger partial charge >= 0.3 is 0 Å². The minimum atomic E-state index is -0.317. The van der Waals surface area contributed by atoms with Crippen LogP contribution in [0.15, 0.2) is 35.3 Å². The molecule has 0 heterocycles. The SMILES string of the molecule is CCN(CC)CCOc1ccc(C(=O)NC(N)=NC)c2ccc(OC)cc12. The minimum absolute atomic E-state index is 0.0706. The van der Waals surface area contributed by atoms with Crippen LogP contribution in [0.25, 0.3) is 10.8 Å². The van der Waals surface area contributed by atoms with E-state index in [2.05, 4.69) is 29.1 Å². The van der Waals surface area contributed by atoms with Crippen molar-refractivity contribution in [3.63, 3.8) is 0 Å². The van der Waals surface area contributed by atoms with Gasteiger partial charge in [0.1, 0.15) is 18.1 Å². The van der Waals surface area contributed by atoms with Crippen LogP contribution in [-0.4, -0.2) is 57.2 Å². The fourth-order valence-electron chi connectivity index (χ4n) is 2.82. The third-order valence-electron chi connectivity index (χ3n) is 4.47. The predicted octanol–water partition coefficient (Wildman–Crippen LogP) is 2.24. The highest BCUT2D eigenvalue weighted by Crippen LogP contribution is 2.32. The van der Waals surface area contributed by atoms with Crippen molar-refractivity contribution in [3.05, 3.63) is 35.9 Å². The average molecular weight is 372 g/mol. The fourth-order valence-corrected chi connectivity index (χ4v) is 2.82. The molecule has 0 radical (unpaired) electrons. The molecule has 0 aliphatic rings.